The van der Waals surface area contributed by atoms with Crippen molar-refractivity contribution in [1.82, 2.24) is 0 Å². The minimum atomic E-state index is -0.606. The highest BCUT2D eigenvalue weighted by Crippen LogP contribution is 2.40. The number of carbonyl (C=O) groups is 4. The molecule has 0 aromatic carbocycles. The summed E-state index contributed by atoms with van der Waals surface area (Å²) in [4.78, 5) is 48.1. The smallest absolute Gasteiger partial charge is 0.341 e. The third-order valence-corrected chi connectivity index (χ3v) is 5.46. The van der Waals surface area contributed by atoms with Crippen molar-refractivity contribution in [2.75, 3.05) is 18.5 Å². The molecule has 1 aromatic rings. The number of rotatable bonds is 8. The number of nitrogens with one attached hydrogen (secondary N) is 1. The summed E-state index contributed by atoms with van der Waals surface area (Å²) in [6.07, 6.45) is 2.65. The lowest BCUT2D eigenvalue weighted by Crippen LogP contribution is -2.22. The van der Waals surface area contributed by atoms with Crippen LogP contribution in [0.4, 0.5) is 5.00 Å². The Bertz CT molecular complexity index is 739. The van der Waals surface area contributed by atoms with Crippen LogP contribution in [0.1, 0.15) is 60.8 Å². The molecule has 0 bridgehead atoms. The van der Waals surface area contributed by atoms with E-state index in [4.69, 9.17) is 9.47 Å². The van der Waals surface area contributed by atoms with Gasteiger partial charge >= 0.3 is 11.9 Å². The molecule has 0 aliphatic heterocycles. The number of thiophene rings is 1. The van der Waals surface area contributed by atoms with Crippen LogP contribution in [0.25, 0.3) is 0 Å². The van der Waals surface area contributed by atoms with Gasteiger partial charge in [-0.2, -0.15) is 0 Å². The molecule has 8 heteroatoms. The molecular weight excluding hydrogens is 370 g/mol. The van der Waals surface area contributed by atoms with E-state index in [0.29, 0.717) is 16.5 Å². The Morgan fingerprint density at radius 1 is 1.19 bits per heavy atom. The molecule has 0 radical (unpaired) electrons. The highest BCUT2D eigenvalue weighted by Gasteiger charge is 2.29. The number of Topliss-reactive ketones (excluding diaryl/α,β-unsaturated/α-hetero) is 1. The summed E-state index contributed by atoms with van der Waals surface area (Å²) in [7, 11) is 0. The number of hydrogen-bond donors (Lipinski definition) is 1. The molecular formula is C19H25NO6S. The Labute approximate surface area is 162 Å². The summed E-state index contributed by atoms with van der Waals surface area (Å²) in [5, 5.41) is 3.12. The summed E-state index contributed by atoms with van der Waals surface area (Å²) in [6, 6.07) is 0. The fraction of sp³-hybridized carbons (Fsp3) is 0.579. The number of hydrogen-bond acceptors (Lipinski definition) is 7. The van der Waals surface area contributed by atoms with Gasteiger partial charge in [0, 0.05) is 11.3 Å². The van der Waals surface area contributed by atoms with Gasteiger partial charge in [-0.05, 0) is 44.6 Å². The van der Waals surface area contributed by atoms with E-state index in [0.717, 1.165) is 29.7 Å². The Kier molecular flexibility index (Phi) is 7.53. The number of ether oxygens (including phenoxy) is 2. The second-order valence-electron chi connectivity index (χ2n) is 6.69. The number of carbonyl (C=O) groups excluding carboxylic acids is 4. The molecule has 1 amide bonds. The monoisotopic (exact) mass is 395 g/mol. The summed E-state index contributed by atoms with van der Waals surface area (Å²) in [5.41, 5.74) is 1.37. The van der Waals surface area contributed by atoms with Crippen molar-refractivity contribution in [3.05, 3.63) is 16.0 Å². The molecule has 0 saturated carbocycles. The van der Waals surface area contributed by atoms with Gasteiger partial charge in [-0.15, -0.1) is 11.3 Å². The molecule has 0 unspecified atom stereocenters. The molecule has 7 nitrogen and oxygen atoms in total. The fourth-order valence-corrected chi connectivity index (χ4v) is 4.33. The van der Waals surface area contributed by atoms with Gasteiger partial charge in [-0.3, -0.25) is 9.59 Å². The Morgan fingerprint density at radius 3 is 2.59 bits per heavy atom. The lowest BCUT2D eigenvalue weighted by molar-refractivity contribution is -0.148. The van der Waals surface area contributed by atoms with E-state index >= 15 is 0 Å². The van der Waals surface area contributed by atoms with E-state index in [1.165, 1.54) is 18.3 Å². The zero-order chi connectivity index (χ0) is 20.0. The molecule has 1 aromatic heterocycles. The second kappa shape index (κ2) is 9.64. The van der Waals surface area contributed by atoms with Gasteiger partial charge < -0.3 is 19.6 Å². The van der Waals surface area contributed by atoms with Gasteiger partial charge in [0.1, 0.15) is 10.8 Å². The van der Waals surface area contributed by atoms with Gasteiger partial charge in [0.05, 0.1) is 18.6 Å². The number of ketones is 1. The number of esters is 2. The summed E-state index contributed by atoms with van der Waals surface area (Å²) < 4.78 is 10.0. The summed E-state index contributed by atoms with van der Waals surface area (Å²) >= 11 is 1.38. The van der Waals surface area contributed by atoms with E-state index in [2.05, 4.69) is 12.2 Å². The van der Waals surface area contributed by atoms with E-state index < -0.39 is 24.5 Å². The van der Waals surface area contributed by atoms with Crippen molar-refractivity contribution in [1.29, 1.82) is 0 Å². The van der Waals surface area contributed by atoms with Crippen LogP contribution in [0.3, 0.4) is 0 Å². The van der Waals surface area contributed by atoms with Crippen LogP contribution in [0.5, 0.6) is 0 Å². The van der Waals surface area contributed by atoms with Gasteiger partial charge in [-0.1, -0.05) is 6.92 Å². The predicted molar refractivity (Wildman–Crippen MR) is 101 cm³/mol. The van der Waals surface area contributed by atoms with Gasteiger partial charge in [0.2, 0.25) is 0 Å². The summed E-state index contributed by atoms with van der Waals surface area (Å²) in [6.45, 7) is 5.07. The third-order valence-electron chi connectivity index (χ3n) is 4.29. The third kappa shape index (κ3) is 5.89. The SMILES string of the molecule is CCOC(=O)c1c(NC(=O)COC(=O)CCC(C)=O)sc2c1CC[C@@H](C)C2. The second-order valence-corrected chi connectivity index (χ2v) is 7.79. The molecule has 0 fully saturated rings. The highest BCUT2D eigenvalue weighted by atomic mass is 32.1. The zero-order valence-corrected chi connectivity index (χ0v) is 16.7. The van der Waals surface area contributed by atoms with Crippen molar-refractivity contribution in [2.45, 2.75) is 52.9 Å². The molecule has 2 rings (SSSR count). The zero-order valence-electron chi connectivity index (χ0n) is 15.9. The Morgan fingerprint density at radius 2 is 1.93 bits per heavy atom. The molecule has 1 atom stereocenters. The molecule has 1 aliphatic carbocycles. The van der Waals surface area contributed by atoms with Gasteiger partial charge in [0.25, 0.3) is 5.91 Å². The largest absolute Gasteiger partial charge is 0.462 e. The molecule has 27 heavy (non-hydrogen) atoms. The number of amides is 1. The van der Waals surface area contributed by atoms with Crippen LogP contribution in [-0.4, -0.2) is 36.8 Å². The first-order chi connectivity index (χ1) is 12.8. The summed E-state index contributed by atoms with van der Waals surface area (Å²) in [5.74, 6) is -1.17. The van der Waals surface area contributed by atoms with Crippen LogP contribution >= 0.6 is 11.3 Å². The minimum absolute atomic E-state index is 0.0537. The maximum atomic E-state index is 12.4. The standard InChI is InChI=1S/C19H25NO6S/c1-4-25-19(24)17-13-7-5-11(2)9-14(13)27-18(17)20-15(22)10-26-16(23)8-6-12(3)21/h11H,4-10H2,1-3H3,(H,20,22)/t11-/m1/s1. The average molecular weight is 395 g/mol. The van der Waals surface area contributed by atoms with E-state index in [9.17, 15) is 19.2 Å². The molecule has 0 saturated heterocycles. The minimum Gasteiger partial charge on any atom is -0.462 e. The normalized spacial score (nSPS) is 15.6. The Balaban J connectivity index is 2.06. The first-order valence-corrected chi connectivity index (χ1v) is 9.90. The van der Waals surface area contributed by atoms with Crippen LogP contribution in [0.2, 0.25) is 0 Å². The van der Waals surface area contributed by atoms with Gasteiger partial charge in [-0.25, -0.2) is 4.79 Å². The van der Waals surface area contributed by atoms with Crippen molar-refractivity contribution in [3.63, 3.8) is 0 Å². The first kappa shape index (κ1) is 21.1. The molecule has 148 valence electrons. The maximum Gasteiger partial charge on any atom is 0.341 e. The van der Waals surface area contributed by atoms with Crippen molar-refractivity contribution in [2.24, 2.45) is 5.92 Å². The molecule has 1 heterocycles. The van der Waals surface area contributed by atoms with E-state index in [-0.39, 0.29) is 25.2 Å². The topological polar surface area (TPSA) is 98.8 Å². The van der Waals surface area contributed by atoms with Crippen LogP contribution in [0, 0.1) is 5.92 Å². The van der Waals surface area contributed by atoms with Crippen LogP contribution < -0.4 is 5.32 Å². The molecule has 1 N–H and O–H groups in total. The van der Waals surface area contributed by atoms with Crippen molar-refractivity contribution in [3.8, 4) is 0 Å². The highest BCUT2D eigenvalue weighted by molar-refractivity contribution is 7.17. The van der Waals surface area contributed by atoms with E-state index in [1.54, 1.807) is 6.92 Å². The maximum absolute atomic E-state index is 12.4. The van der Waals surface area contributed by atoms with Crippen molar-refractivity contribution >= 4 is 40.0 Å². The lowest BCUT2D eigenvalue weighted by atomic mass is 9.88. The van der Waals surface area contributed by atoms with Crippen molar-refractivity contribution < 1.29 is 28.7 Å². The van der Waals surface area contributed by atoms with Crippen LogP contribution in [-0.2, 0) is 36.7 Å². The average Bonchev–Trinajstić information content (AvgIpc) is 2.95. The fourth-order valence-electron chi connectivity index (χ4n) is 2.92. The first-order valence-electron chi connectivity index (χ1n) is 9.08. The van der Waals surface area contributed by atoms with Gasteiger partial charge in [0.15, 0.2) is 6.61 Å². The van der Waals surface area contributed by atoms with E-state index in [1.807, 2.05) is 0 Å². The lowest BCUT2D eigenvalue weighted by Gasteiger charge is -2.18. The Hall–Kier alpha value is -2.22. The quantitative estimate of drug-likeness (QED) is 0.680. The number of anilines is 1. The number of fused-ring (bicyclic) bond motifs is 1. The molecule has 1 aliphatic rings. The predicted octanol–water partition coefficient (Wildman–Crippen LogP) is 2.90. The molecule has 0 spiro atoms. The van der Waals surface area contributed by atoms with Crippen LogP contribution in [0.15, 0.2) is 0 Å².